The quantitative estimate of drug-likeness (QED) is 0.192. The summed E-state index contributed by atoms with van der Waals surface area (Å²) in [7, 11) is 0. The highest BCUT2D eigenvalue weighted by molar-refractivity contribution is 7.99. The molecular formula is C26H23ClN4OS. The Morgan fingerprint density at radius 3 is 2.58 bits per heavy atom. The van der Waals surface area contributed by atoms with Crippen molar-refractivity contribution < 1.29 is 4.79 Å². The minimum atomic E-state index is -0.186. The molecule has 4 rings (SSSR count). The van der Waals surface area contributed by atoms with E-state index >= 15 is 0 Å². The maximum absolute atomic E-state index is 12.4. The summed E-state index contributed by atoms with van der Waals surface area (Å²) < 4.78 is 2.12. The van der Waals surface area contributed by atoms with Crippen molar-refractivity contribution >= 4 is 52.6 Å². The average molecular weight is 475 g/mol. The Kier molecular flexibility index (Phi) is 7.60. The van der Waals surface area contributed by atoms with Crippen LogP contribution in [0.15, 0.2) is 94.7 Å². The zero-order valence-electron chi connectivity index (χ0n) is 18.1. The van der Waals surface area contributed by atoms with Gasteiger partial charge in [-0.1, -0.05) is 84.0 Å². The zero-order chi connectivity index (χ0) is 23.0. The van der Waals surface area contributed by atoms with Crippen LogP contribution in [0, 0.1) is 0 Å². The van der Waals surface area contributed by atoms with E-state index in [9.17, 15) is 4.79 Å². The minimum absolute atomic E-state index is 0.186. The van der Waals surface area contributed by atoms with Gasteiger partial charge in [-0.05, 0) is 47.9 Å². The molecule has 1 amide bonds. The number of hydrogen-bond acceptors (Lipinski definition) is 4. The number of allylic oxidation sites excluding steroid dienone is 1. The first-order valence-electron chi connectivity index (χ1n) is 10.5. The molecule has 3 aromatic carbocycles. The third-order valence-corrected chi connectivity index (χ3v) is 6.09. The second-order valence-electron chi connectivity index (χ2n) is 7.48. The first kappa shape index (κ1) is 22.8. The number of imidazole rings is 1. The summed E-state index contributed by atoms with van der Waals surface area (Å²) in [6.07, 6.45) is 3.65. The van der Waals surface area contributed by atoms with E-state index in [4.69, 9.17) is 16.6 Å². The lowest BCUT2D eigenvalue weighted by molar-refractivity contribution is -0.118. The summed E-state index contributed by atoms with van der Waals surface area (Å²) in [6.45, 7) is 2.58. The molecule has 7 heteroatoms. The van der Waals surface area contributed by atoms with E-state index in [-0.39, 0.29) is 11.7 Å². The van der Waals surface area contributed by atoms with E-state index in [1.54, 1.807) is 6.21 Å². The fraction of sp³-hybridized carbons (Fsp3) is 0.115. The van der Waals surface area contributed by atoms with Gasteiger partial charge in [-0.25, -0.2) is 10.4 Å². The SMILES string of the molecule is CC(/C=N\NC(=O)CSc1nc2ccccc2n1Cc1ccc(Cl)cc1)=C\c1ccccc1. The summed E-state index contributed by atoms with van der Waals surface area (Å²) in [6, 6.07) is 25.7. The molecule has 0 spiro atoms. The molecule has 0 aliphatic heterocycles. The van der Waals surface area contributed by atoms with Gasteiger partial charge < -0.3 is 4.57 Å². The molecule has 0 saturated heterocycles. The van der Waals surface area contributed by atoms with Crippen molar-refractivity contribution in [3.05, 3.63) is 101 Å². The Morgan fingerprint density at radius 1 is 1.06 bits per heavy atom. The van der Waals surface area contributed by atoms with E-state index in [1.165, 1.54) is 11.8 Å². The molecule has 0 atom stereocenters. The van der Waals surface area contributed by atoms with Gasteiger partial charge in [-0.3, -0.25) is 4.79 Å². The highest BCUT2D eigenvalue weighted by atomic mass is 35.5. The number of hydrogen-bond donors (Lipinski definition) is 1. The Morgan fingerprint density at radius 2 is 1.79 bits per heavy atom. The number of thioether (sulfide) groups is 1. The smallest absolute Gasteiger partial charge is 0.250 e. The molecule has 1 N–H and O–H groups in total. The van der Waals surface area contributed by atoms with Crippen molar-refractivity contribution in [2.45, 2.75) is 18.6 Å². The van der Waals surface area contributed by atoms with Gasteiger partial charge in [-0.15, -0.1) is 0 Å². The van der Waals surface area contributed by atoms with E-state index in [0.29, 0.717) is 11.6 Å². The van der Waals surface area contributed by atoms with Crippen molar-refractivity contribution in [1.29, 1.82) is 0 Å². The number of benzene rings is 3. The first-order valence-corrected chi connectivity index (χ1v) is 11.8. The second kappa shape index (κ2) is 11.0. The molecule has 166 valence electrons. The van der Waals surface area contributed by atoms with Crippen molar-refractivity contribution in [3.8, 4) is 0 Å². The second-order valence-corrected chi connectivity index (χ2v) is 8.86. The van der Waals surface area contributed by atoms with Crippen LogP contribution in [0.25, 0.3) is 17.1 Å². The van der Waals surface area contributed by atoms with E-state index in [0.717, 1.165) is 32.9 Å². The van der Waals surface area contributed by atoms with Crippen molar-refractivity contribution in [3.63, 3.8) is 0 Å². The number of hydrazone groups is 1. The number of para-hydroxylation sites is 2. The lowest BCUT2D eigenvalue weighted by Gasteiger charge is -2.09. The first-order chi connectivity index (χ1) is 16.1. The summed E-state index contributed by atoms with van der Waals surface area (Å²) in [5.74, 6) is 0.0248. The van der Waals surface area contributed by atoms with E-state index < -0.39 is 0 Å². The summed E-state index contributed by atoms with van der Waals surface area (Å²) in [5, 5.41) is 5.56. The van der Waals surface area contributed by atoms with Crippen LogP contribution in [0.1, 0.15) is 18.1 Å². The number of nitrogens with zero attached hydrogens (tertiary/aromatic N) is 3. The Labute approximate surface area is 202 Å². The Bertz CT molecular complexity index is 1300. The normalized spacial score (nSPS) is 11.9. The van der Waals surface area contributed by atoms with Gasteiger partial charge >= 0.3 is 0 Å². The number of rotatable bonds is 8. The Balaban J connectivity index is 1.40. The number of carbonyl (C=O) groups is 1. The number of halogens is 1. The van der Waals surface area contributed by atoms with Crippen molar-refractivity contribution in [1.82, 2.24) is 15.0 Å². The summed E-state index contributed by atoms with van der Waals surface area (Å²) >= 11 is 7.41. The standard InChI is InChI=1S/C26H23ClN4OS/c1-19(15-20-7-3-2-4-8-20)16-28-30-25(32)18-33-26-29-23-9-5-6-10-24(23)31(26)17-21-11-13-22(27)14-12-21/h2-16H,17-18H2,1H3,(H,30,32)/b19-15+,28-16-. The topological polar surface area (TPSA) is 59.3 Å². The van der Waals surface area contributed by atoms with Gasteiger partial charge in [0.1, 0.15) is 0 Å². The zero-order valence-corrected chi connectivity index (χ0v) is 19.7. The molecule has 1 aromatic heterocycles. The van der Waals surface area contributed by atoms with Crippen LogP contribution in [-0.4, -0.2) is 27.4 Å². The number of aromatic nitrogens is 2. The van der Waals surface area contributed by atoms with Crippen LogP contribution in [0.4, 0.5) is 0 Å². The lowest BCUT2D eigenvalue weighted by Crippen LogP contribution is -2.20. The molecule has 4 aromatic rings. The molecule has 1 heterocycles. The number of fused-ring (bicyclic) bond motifs is 1. The van der Waals surface area contributed by atoms with Gasteiger partial charge in [-0.2, -0.15) is 5.10 Å². The monoisotopic (exact) mass is 474 g/mol. The predicted octanol–water partition coefficient (Wildman–Crippen LogP) is 6.04. The van der Waals surface area contributed by atoms with Gasteiger partial charge in [0.2, 0.25) is 0 Å². The maximum Gasteiger partial charge on any atom is 0.250 e. The molecule has 0 bridgehead atoms. The van der Waals surface area contributed by atoms with Crippen LogP contribution in [0.3, 0.4) is 0 Å². The summed E-state index contributed by atoms with van der Waals surface area (Å²) in [4.78, 5) is 17.1. The minimum Gasteiger partial charge on any atom is -0.314 e. The fourth-order valence-electron chi connectivity index (χ4n) is 3.31. The molecule has 0 aliphatic carbocycles. The Hall–Kier alpha value is -3.35. The van der Waals surface area contributed by atoms with Crippen molar-refractivity contribution in [2.24, 2.45) is 5.10 Å². The van der Waals surface area contributed by atoms with Gasteiger partial charge in [0.15, 0.2) is 5.16 Å². The van der Waals surface area contributed by atoms with Gasteiger partial charge in [0.25, 0.3) is 5.91 Å². The van der Waals surface area contributed by atoms with E-state index in [2.05, 4.69) is 15.1 Å². The molecule has 0 radical (unpaired) electrons. The fourth-order valence-corrected chi connectivity index (χ4v) is 4.24. The molecule has 0 fully saturated rings. The van der Waals surface area contributed by atoms with Gasteiger partial charge in [0, 0.05) is 5.02 Å². The largest absolute Gasteiger partial charge is 0.314 e. The van der Waals surface area contributed by atoms with Crippen LogP contribution in [0.5, 0.6) is 0 Å². The number of nitrogens with one attached hydrogen (secondary N) is 1. The predicted molar refractivity (Wildman–Crippen MR) is 138 cm³/mol. The third-order valence-electron chi connectivity index (χ3n) is 4.86. The van der Waals surface area contributed by atoms with Crippen LogP contribution in [-0.2, 0) is 11.3 Å². The molecule has 33 heavy (non-hydrogen) atoms. The molecule has 0 saturated carbocycles. The average Bonchev–Trinajstić information content (AvgIpc) is 3.17. The molecule has 5 nitrogen and oxygen atoms in total. The van der Waals surface area contributed by atoms with Crippen LogP contribution in [0.2, 0.25) is 5.02 Å². The third kappa shape index (κ3) is 6.34. The van der Waals surface area contributed by atoms with E-state index in [1.807, 2.05) is 91.9 Å². The lowest BCUT2D eigenvalue weighted by atomic mass is 10.1. The number of carbonyl (C=O) groups excluding carboxylic acids is 1. The highest BCUT2D eigenvalue weighted by Crippen LogP contribution is 2.25. The van der Waals surface area contributed by atoms with Crippen LogP contribution < -0.4 is 5.43 Å². The summed E-state index contributed by atoms with van der Waals surface area (Å²) in [5.41, 5.74) is 7.66. The van der Waals surface area contributed by atoms with Crippen molar-refractivity contribution in [2.75, 3.05) is 5.75 Å². The van der Waals surface area contributed by atoms with Crippen LogP contribution >= 0.6 is 23.4 Å². The highest BCUT2D eigenvalue weighted by Gasteiger charge is 2.13. The van der Waals surface area contributed by atoms with Gasteiger partial charge in [0.05, 0.1) is 29.5 Å². The molecular weight excluding hydrogens is 452 g/mol. The number of amides is 1. The molecule has 0 aliphatic rings. The molecule has 0 unspecified atom stereocenters. The maximum atomic E-state index is 12.4.